The van der Waals surface area contributed by atoms with Crippen molar-refractivity contribution in [1.29, 1.82) is 5.26 Å². The third-order valence-corrected chi connectivity index (χ3v) is 7.61. The summed E-state index contributed by atoms with van der Waals surface area (Å²) in [6.45, 7) is 1.66. The number of piperidine rings is 2. The minimum atomic E-state index is -4.43. The maximum Gasteiger partial charge on any atom is 0.416 e. The van der Waals surface area contributed by atoms with E-state index in [2.05, 4.69) is 16.2 Å². The molecule has 2 atom stereocenters. The number of hydrogen-bond acceptors (Lipinski definition) is 5. The normalized spacial score (nSPS) is 20.8. The molecule has 2 fully saturated rings. The van der Waals surface area contributed by atoms with Crippen LogP contribution in [0.3, 0.4) is 0 Å². The Morgan fingerprint density at radius 3 is 2.37 bits per heavy atom. The van der Waals surface area contributed by atoms with E-state index in [-0.39, 0.29) is 23.8 Å². The van der Waals surface area contributed by atoms with Gasteiger partial charge in [0.25, 0.3) is 0 Å². The Hall–Kier alpha value is -3.58. The molecule has 0 bridgehead atoms. The predicted octanol–water partition coefficient (Wildman–Crippen LogP) is 6.34. The molecule has 2 unspecified atom stereocenters. The topological polar surface area (TPSA) is 86.3 Å². The molecule has 2 amide bonds. The molecule has 7 nitrogen and oxygen atoms in total. The number of likely N-dealkylation sites (tertiary alicyclic amines) is 2. The van der Waals surface area contributed by atoms with Gasteiger partial charge in [0.1, 0.15) is 0 Å². The number of carbonyl (C=O) groups is 1. The average molecular weight is 544 g/mol. The summed E-state index contributed by atoms with van der Waals surface area (Å²) in [4.78, 5) is 21.5. The monoisotopic (exact) mass is 543 g/mol. The van der Waals surface area contributed by atoms with Crippen LogP contribution in [0.4, 0.5) is 18.0 Å². The van der Waals surface area contributed by atoms with Gasteiger partial charge in [0.15, 0.2) is 0 Å². The summed E-state index contributed by atoms with van der Waals surface area (Å²) >= 11 is 6.29. The van der Waals surface area contributed by atoms with Crippen molar-refractivity contribution < 1.29 is 22.5 Å². The Balaban J connectivity index is 1.41. The molecule has 198 valence electrons. The van der Waals surface area contributed by atoms with Gasteiger partial charge in [-0.15, -0.1) is 0 Å². The SMILES string of the molecule is N#CC1CCN(C(=O)N2CC(c3ccc(C(F)(F)F)cc3)CC(c3nc(-c4ccccc4Cl)no3)C2)CC1. The quantitative estimate of drug-likeness (QED) is 0.385. The highest BCUT2D eigenvalue weighted by atomic mass is 35.5. The molecule has 0 saturated carbocycles. The average Bonchev–Trinajstić information content (AvgIpc) is 3.42. The molecule has 3 aromatic rings. The summed E-state index contributed by atoms with van der Waals surface area (Å²) in [5.74, 6) is 0.0681. The standard InChI is InChI=1S/C27H25ClF3N5O2/c28-23-4-2-1-3-22(23)24-33-25(38-34-24)20-13-19(18-5-7-21(8-6-18)27(29,30)31)15-36(16-20)26(37)35-11-9-17(14-32)10-12-35/h1-8,17,19-20H,9-13,15-16H2. The van der Waals surface area contributed by atoms with E-state index >= 15 is 0 Å². The Kier molecular flexibility index (Phi) is 7.30. The first-order chi connectivity index (χ1) is 18.2. The highest BCUT2D eigenvalue weighted by Crippen LogP contribution is 2.38. The molecule has 0 spiro atoms. The third-order valence-electron chi connectivity index (χ3n) is 7.28. The van der Waals surface area contributed by atoms with E-state index in [1.165, 1.54) is 12.1 Å². The zero-order valence-corrected chi connectivity index (χ0v) is 21.1. The van der Waals surface area contributed by atoms with Crippen molar-refractivity contribution in [2.24, 2.45) is 5.92 Å². The number of nitriles is 1. The number of nitrogens with zero attached hydrogens (tertiary/aromatic N) is 5. The van der Waals surface area contributed by atoms with E-state index in [0.29, 0.717) is 73.3 Å². The number of halogens is 4. The molecule has 2 aliphatic heterocycles. The van der Waals surface area contributed by atoms with Gasteiger partial charge in [-0.05, 0) is 49.1 Å². The summed E-state index contributed by atoms with van der Waals surface area (Å²) in [5.41, 5.74) is 0.602. The summed E-state index contributed by atoms with van der Waals surface area (Å²) < 4.78 is 45.0. The highest BCUT2D eigenvalue weighted by Gasteiger charge is 2.37. The molecular formula is C27H25ClF3N5O2. The second-order valence-electron chi connectivity index (χ2n) is 9.76. The first-order valence-corrected chi connectivity index (χ1v) is 12.8. The fourth-order valence-electron chi connectivity index (χ4n) is 5.17. The van der Waals surface area contributed by atoms with E-state index < -0.39 is 11.7 Å². The molecule has 3 heterocycles. The minimum absolute atomic E-state index is 0.0605. The minimum Gasteiger partial charge on any atom is -0.339 e. The maximum atomic E-state index is 13.5. The van der Waals surface area contributed by atoms with E-state index in [4.69, 9.17) is 16.1 Å². The molecule has 2 aliphatic rings. The second-order valence-corrected chi connectivity index (χ2v) is 10.2. The summed E-state index contributed by atoms with van der Waals surface area (Å²) in [7, 11) is 0. The van der Waals surface area contributed by atoms with Gasteiger partial charge >= 0.3 is 12.2 Å². The summed E-state index contributed by atoms with van der Waals surface area (Å²) in [6, 6.07) is 14.3. The molecule has 38 heavy (non-hydrogen) atoms. The largest absolute Gasteiger partial charge is 0.416 e. The lowest BCUT2D eigenvalue weighted by atomic mass is 9.84. The number of benzene rings is 2. The van der Waals surface area contributed by atoms with E-state index in [9.17, 15) is 23.2 Å². The Labute approximate surface area is 222 Å². The zero-order chi connectivity index (χ0) is 26.9. The fraction of sp³-hybridized carbons (Fsp3) is 0.407. The molecule has 2 saturated heterocycles. The van der Waals surface area contributed by atoms with Crippen LogP contribution in [0.15, 0.2) is 53.1 Å². The van der Waals surface area contributed by atoms with Crippen molar-refractivity contribution in [3.05, 3.63) is 70.6 Å². The van der Waals surface area contributed by atoms with Crippen LogP contribution in [0.25, 0.3) is 11.4 Å². The van der Waals surface area contributed by atoms with E-state index in [1.807, 2.05) is 6.07 Å². The lowest BCUT2D eigenvalue weighted by molar-refractivity contribution is -0.137. The van der Waals surface area contributed by atoms with Crippen molar-refractivity contribution in [3.63, 3.8) is 0 Å². The number of urea groups is 1. The fourth-order valence-corrected chi connectivity index (χ4v) is 5.39. The molecular weight excluding hydrogens is 519 g/mol. The molecule has 1 aromatic heterocycles. The van der Waals surface area contributed by atoms with Gasteiger partial charge in [-0.25, -0.2) is 4.79 Å². The van der Waals surface area contributed by atoms with Gasteiger partial charge in [0.2, 0.25) is 11.7 Å². The third kappa shape index (κ3) is 5.48. The van der Waals surface area contributed by atoms with Crippen LogP contribution in [-0.2, 0) is 6.18 Å². The van der Waals surface area contributed by atoms with Gasteiger partial charge in [0, 0.05) is 43.6 Å². The van der Waals surface area contributed by atoms with Gasteiger partial charge in [0.05, 0.1) is 22.6 Å². The zero-order valence-electron chi connectivity index (χ0n) is 20.4. The van der Waals surface area contributed by atoms with Crippen molar-refractivity contribution in [2.75, 3.05) is 26.2 Å². The second kappa shape index (κ2) is 10.7. The van der Waals surface area contributed by atoms with Gasteiger partial charge in [-0.3, -0.25) is 0 Å². The van der Waals surface area contributed by atoms with Gasteiger partial charge in [-0.2, -0.15) is 23.4 Å². The summed E-state index contributed by atoms with van der Waals surface area (Å²) in [5, 5.41) is 13.8. The van der Waals surface area contributed by atoms with Crippen LogP contribution >= 0.6 is 11.6 Å². The van der Waals surface area contributed by atoms with Crippen molar-refractivity contribution >= 4 is 17.6 Å². The molecule has 2 aromatic carbocycles. The van der Waals surface area contributed by atoms with Crippen LogP contribution in [0.5, 0.6) is 0 Å². The van der Waals surface area contributed by atoms with Crippen LogP contribution in [-0.4, -0.2) is 52.2 Å². The molecule has 0 N–H and O–H groups in total. The highest BCUT2D eigenvalue weighted by molar-refractivity contribution is 6.33. The number of rotatable bonds is 3. The Bertz CT molecular complexity index is 1330. The number of aromatic nitrogens is 2. The Morgan fingerprint density at radius 2 is 1.71 bits per heavy atom. The number of hydrogen-bond donors (Lipinski definition) is 0. The van der Waals surface area contributed by atoms with Crippen LogP contribution in [0.1, 0.15) is 48.1 Å². The lowest BCUT2D eigenvalue weighted by Gasteiger charge is -2.40. The Morgan fingerprint density at radius 1 is 1.03 bits per heavy atom. The van der Waals surface area contributed by atoms with Gasteiger partial charge in [-0.1, -0.05) is 41.0 Å². The number of alkyl halides is 3. The molecule has 11 heteroatoms. The van der Waals surface area contributed by atoms with E-state index in [0.717, 1.165) is 12.1 Å². The molecule has 5 rings (SSSR count). The van der Waals surface area contributed by atoms with E-state index in [1.54, 1.807) is 28.0 Å². The smallest absolute Gasteiger partial charge is 0.339 e. The van der Waals surface area contributed by atoms with Crippen LogP contribution in [0, 0.1) is 17.2 Å². The number of amides is 2. The molecule has 0 radical (unpaired) electrons. The van der Waals surface area contributed by atoms with Crippen LogP contribution < -0.4 is 0 Å². The van der Waals surface area contributed by atoms with Crippen molar-refractivity contribution in [2.45, 2.75) is 37.3 Å². The number of carbonyl (C=O) groups excluding carboxylic acids is 1. The van der Waals surface area contributed by atoms with Crippen LogP contribution in [0.2, 0.25) is 5.02 Å². The first-order valence-electron chi connectivity index (χ1n) is 12.4. The maximum absolute atomic E-state index is 13.5. The van der Waals surface area contributed by atoms with Crippen molar-refractivity contribution in [1.82, 2.24) is 19.9 Å². The van der Waals surface area contributed by atoms with Gasteiger partial charge < -0.3 is 14.3 Å². The van der Waals surface area contributed by atoms with Crippen molar-refractivity contribution in [3.8, 4) is 17.5 Å². The lowest BCUT2D eigenvalue weighted by Crippen LogP contribution is -2.51. The summed E-state index contributed by atoms with van der Waals surface area (Å²) in [6.07, 6.45) is -2.67. The predicted molar refractivity (Wildman–Crippen MR) is 133 cm³/mol. The first kappa shape index (κ1) is 26.0. The molecule has 0 aliphatic carbocycles.